The molecule has 0 bridgehead atoms. The number of nitrogens with two attached hydrogens (primary N) is 1. The van der Waals surface area contributed by atoms with E-state index in [9.17, 15) is 22.8 Å². The van der Waals surface area contributed by atoms with Gasteiger partial charge in [0.1, 0.15) is 17.1 Å². The van der Waals surface area contributed by atoms with Crippen LogP contribution in [0.4, 0.5) is 18.0 Å². The molecule has 0 aliphatic heterocycles. The van der Waals surface area contributed by atoms with Gasteiger partial charge in [0.2, 0.25) is 5.91 Å². The Labute approximate surface area is 187 Å². The lowest BCUT2D eigenvalue weighted by Gasteiger charge is -2.33. The summed E-state index contributed by atoms with van der Waals surface area (Å²) >= 11 is 0. The van der Waals surface area contributed by atoms with Crippen molar-refractivity contribution in [3.63, 3.8) is 0 Å². The van der Waals surface area contributed by atoms with Crippen molar-refractivity contribution in [1.82, 2.24) is 14.7 Å². The second-order valence-electron chi connectivity index (χ2n) is 9.07. The number of primary amides is 1. The van der Waals surface area contributed by atoms with E-state index in [2.05, 4.69) is 10.3 Å². The first-order valence-electron chi connectivity index (χ1n) is 10.4. The number of benzene rings is 1. The molecule has 2 amide bonds. The fraction of sp³-hybridized carbons (Fsp3) is 0.348. The van der Waals surface area contributed by atoms with E-state index < -0.39 is 47.0 Å². The third kappa shape index (κ3) is 4.50. The molecular formula is C23H23F3N4O3. The Morgan fingerprint density at radius 2 is 1.82 bits per heavy atom. The zero-order valence-electron chi connectivity index (χ0n) is 18.3. The minimum atomic E-state index is -1.30. The number of ether oxygens (including phenoxy) is 1. The van der Waals surface area contributed by atoms with Crippen molar-refractivity contribution in [3.8, 4) is 0 Å². The smallest absolute Gasteiger partial charge is 0.407 e. The lowest BCUT2D eigenvalue weighted by Crippen LogP contribution is -2.46. The van der Waals surface area contributed by atoms with Gasteiger partial charge in [0.15, 0.2) is 11.6 Å². The fourth-order valence-corrected chi connectivity index (χ4v) is 4.14. The van der Waals surface area contributed by atoms with Gasteiger partial charge < -0.3 is 20.2 Å². The van der Waals surface area contributed by atoms with Gasteiger partial charge in [-0.1, -0.05) is 0 Å². The van der Waals surface area contributed by atoms with Crippen LogP contribution in [0.3, 0.4) is 0 Å². The van der Waals surface area contributed by atoms with Gasteiger partial charge in [0, 0.05) is 48.3 Å². The number of aromatic nitrogens is 2. The lowest BCUT2D eigenvalue weighted by molar-refractivity contribution is 0.0492. The highest BCUT2D eigenvalue weighted by Gasteiger charge is 2.36. The minimum absolute atomic E-state index is 0.0736. The van der Waals surface area contributed by atoms with Gasteiger partial charge in [-0.15, -0.1) is 0 Å². The SMILES string of the molecule is CC(C)(C)OC(=O)NC1Cc2c(nc3cc(C(N)=O)ccn23)CC1c1cc(F)c(F)cc1F. The number of pyridine rings is 1. The van der Waals surface area contributed by atoms with Crippen LogP contribution in [0.1, 0.15) is 54.0 Å². The van der Waals surface area contributed by atoms with Crippen LogP contribution in [0, 0.1) is 17.5 Å². The van der Waals surface area contributed by atoms with Crippen LogP contribution < -0.4 is 11.1 Å². The van der Waals surface area contributed by atoms with Gasteiger partial charge in [0.25, 0.3) is 0 Å². The minimum Gasteiger partial charge on any atom is -0.444 e. The number of nitrogens with zero attached hydrogens (tertiary/aromatic N) is 2. The maximum absolute atomic E-state index is 14.7. The topological polar surface area (TPSA) is 98.7 Å². The molecular weight excluding hydrogens is 437 g/mol. The Morgan fingerprint density at radius 3 is 2.48 bits per heavy atom. The molecule has 4 rings (SSSR count). The van der Waals surface area contributed by atoms with Crippen LogP contribution in [-0.4, -0.2) is 33.0 Å². The Kier molecular flexibility index (Phi) is 5.55. The van der Waals surface area contributed by atoms with Gasteiger partial charge in [-0.3, -0.25) is 4.79 Å². The lowest BCUT2D eigenvalue weighted by atomic mass is 9.80. The van der Waals surface area contributed by atoms with Crippen LogP contribution in [0.15, 0.2) is 30.5 Å². The Hall–Kier alpha value is -3.56. The highest BCUT2D eigenvalue weighted by molar-refractivity contribution is 5.93. The summed E-state index contributed by atoms with van der Waals surface area (Å²) < 4.78 is 49.3. The fourth-order valence-electron chi connectivity index (χ4n) is 4.14. The number of carbonyl (C=O) groups excluding carboxylic acids is 2. The van der Waals surface area contributed by atoms with Gasteiger partial charge >= 0.3 is 6.09 Å². The first kappa shape index (κ1) is 22.6. The van der Waals surface area contributed by atoms with E-state index >= 15 is 0 Å². The zero-order chi connectivity index (χ0) is 24.1. The largest absolute Gasteiger partial charge is 0.444 e. The summed E-state index contributed by atoms with van der Waals surface area (Å²) in [6.45, 7) is 5.12. The molecule has 0 spiro atoms. The predicted octanol–water partition coefficient (Wildman–Crippen LogP) is 3.63. The predicted molar refractivity (Wildman–Crippen MR) is 113 cm³/mol. The van der Waals surface area contributed by atoms with Crippen molar-refractivity contribution in [2.75, 3.05) is 0 Å². The second-order valence-corrected chi connectivity index (χ2v) is 9.07. The Morgan fingerprint density at radius 1 is 1.12 bits per heavy atom. The average molecular weight is 460 g/mol. The Bertz CT molecular complexity index is 1270. The highest BCUT2D eigenvalue weighted by Crippen LogP contribution is 2.35. The number of imidazole rings is 1. The van der Waals surface area contributed by atoms with Crippen LogP contribution in [0.2, 0.25) is 0 Å². The summed E-state index contributed by atoms with van der Waals surface area (Å²) in [5.74, 6) is -4.74. The van der Waals surface area contributed by atoms with Crippen molar-refractivity contribution >= 4 is 17.6 Å². The molecule has 2 heterocycles. The molecule has 3 N–H and O–H groups in total. The number of nitrogens with one attached hydrogen (secondary N) is 1. The molecule has 1 aliphatic rings. The number of halogens is 3. The molecule has 1 aromatic carbocycles. The summed E-state index contributed by atoms with van der Waals surface area (Å²) in [4.78, 5) is 28.6. The molecule has 2 unspecified atom stereocenters. The molecule has 0 radical (unpaired) electrons. The molecule has 7 nitrogen and oxygen atoms in total. The normalized spacial score (nSPS) is 18.1. The van der Waals surface area contributed by atoms with Crippen LogP contribution in [-0.2, 0) is 17.6 Å². The first-order chi connectivity index (χ1) is 15.4. The molecule has 3 aromatic rings. The highest BCUT2D eigenvalue weighted by atomic mass is 19.2. The summed E-state index contributed by atoms with van der Waals surface area (Å²) in [6, 6.07) is 3.69. The van der Waals surface area contributed by atoms with E-state index in [0.717, 1.165) is 11.8 Å². The van der Waals surface area contributed by atoms with Crippen molar-refractivity contribution in [2.45, 2.75) is 51.2 Å². The molecule has 0 fully saturated rings. The zero-order valence-corrected chi connectivity index (χ0v) is 18.3. The summed E-state index contributed by atoms with van der Waals surface area (Å²) in [7, 11) is 0. The quantitative estimate of drug-likeness (QED) is 0.583. The number of alkyl carbamates (subject to hydrolysis) is 1. The van der Waals surface area contributed by atoms with E-state index in [-0.39, 0.29) is 24.0 Å². The van der Waals surface area contributed by atoms with E-state index in [1.165, 1.54) is 6.07 Å². The van der Waals surface area contributed by atoms with Crippen molar-refractivity contribution in [3.05, 3.63) is 70.4 Å². The molecule has 0 saturated carbocycles. The van der Waals surface area contributed by atoms with Gasteiger partial charge in [-0.2, -0.15) is 0 Å². The van der Waals surface area contributed by atoms with Crippen LogP contribution in [0.5, 0.6) is 0 Å². The number of fused-ring (bicyclic) bond motifs is 3. The number of rotatable bonds is 3. The monoisotopic (exact) mass is 460 g/mol. The summed E-state index contributed by atoms with van der Waals surface area (Å²) in [5, 5.41) is 2.75. The van der Waals surface area contributed by atoms with Gasteiger partial charge in [0.05, 0.1) is 5.69 Å². The number of carbonyl (C=O) groups is 2. The molecule has 2 atom stereocenters. The molecule has 0 saturated heterocycles. The molecule has 33 heavy (non-hydrogen) atoms. The Balaban J connectivity index is 1.77. The maximum atomic E-state index is 14.7. The van der Waals surface area contributed by atoms with Crippen molar-refractivity contribution in [2.24, 2.45) is 5.73 Å². The molecule has 2 aromatic heterocycles. The van der Waals surface area contributed by atoms with Crippen LogP contribution in [0.25, 0.3) is 5.65 Å². The third-order valence-corrected chi connectivity index (χ3v) is 5.55. The van der Waals surface area contributed by atoms with E-state index in [1.54, 1.807) is 37.4 Å². The first-order valence-corrected chi connectivity index (χ1v) is 10.4. The molecule has 174 valence electrons. The van der Waals surface area contributed by atoms with Crippen molar-refractivity contribution < 1.29 is 27.5 Å². The summed E-state index contributed by atoms with van der Waals surface area (Å²) in [5.41, 5.74) is 6.57. The van der Waals surface area contributed by atoms with Crippen LogP contribution >= 0.6 is 0 Å². The standard InChI is InChI=1S/C23H23F3N4O3/c1-23(2,3)33-22(32)29-17-10-19-18(28-20-6-11(21(27)31)4-5-30(19)20)8-13(17)12-7-15(25)16(26)9-14(12)24/h4-7,9,13,17H,8,10H2,1-3H3,(H2,27,31)(H,29,32). The molecule has 1 aliphatic carbocycles. The number of amides is 2. The van der Waals surface area contributed by atoms with Gasteiger partial charge in [-0.25, -0.2) is 22.9 Å². The van der Waals surface area contributed by atoms with E-state index in [1.807, 2.05) is 0 Å². The second kappa shape index (κ2) is 8.09. The number of hydrogen-bond acceptors (Lipinski definition) is 4. The maximum Gasteiger partial charge on any atom is 0.407 e. The third-order valence-electron chi connectivity index (χ3n) is 5.55. The summed E-state index contributed by atoms with van der Waals surface area (Å²) in [6.07, 6.45) is 1.29. The average Bonchev–Trinajstić information content (AvgIpc) is 3.05. The van der Waals surface area contributed by atoms with Crippen molar-refractivity contribution in [1.29, 1.82) is 0 Å². The molecule has 10 heteroatoms. The number of hydrogen-bond donors (Lipinski definition) is 2. The van der Waals surface area contributed by atoms with E-state index in [4.69, 9.17) is 10.5 Å². The van der Waals surface area contributed by atoms with E-state index in [0.29, 0.717) is 17.4 Å². The van der Waals surface area contributed by atoms with Gasteiger partial charge in [-0.05, 0) is 44.5 Å².